The molecule has 1 aromatic heterocycles. The lowest BCUT2D eigenvalue weighted by atomic mass is 9.94. The van der Waals surface area contributed by atoms with Crippen LogP contribution in [-0.2, 0) is 17.6 Å². The zero-order valence-electron chi connectivity index (χ0n) is 14.4. The molecule has 2 nitrogen and oxygen atoms in total. The predicted molar refractivity (Wildman–Crippen MR) is 101 cm³/mol. The Hall–Kier alpha value is -2.61. The highest BCUT2D eigenvalue weighted by Gasteiger charge is 2.08. The molecule has 0 saturated heterocycles. The van der Waals surface area contributed by atoms with Crippen LogP contribution >= 0.6 is 0 Å². The first-order chi connectivity index (χ1) is 12.3. The van der Waals surface area contributed by atoms with Crippen LogP contribution in [0.5, 0.6) is 0 Å². The molecule has 0 aliphatic rings. The molecule has 0 spiro atoms. The van der Waals surface area contributed by atoms with Crippen molar-refractivity contribution in [1.82, 2.24) is 0 Å². The molecule has 0 amide bonds. The monoisotopic (exact) mass is 332 g/mol. The summed E-state index contributed by atoms with van der Waals surface area (Å²) in [7, 11) is 0. The second-order valence-electron chi connectivity index (χ2n) is 6.52. The summed E-state index contributed by atoms with van der Waals surface area (Å²) in [4.78, 5) is 11.4. The van der Waals surface area contributed by atoms with Gasteiger partial charge in [0, 0.05) is 11.5 Å². The van der Waals surface area contributed by atoms with Crippen LogP contribution < -0.4 is 0 Å². The lowest BCUT2D eigenvalue weighted by Gasteiger charge is -2.10. The van der Waals surface area contributed by atoms with Crippen molar-refractivity contribution in [2.24, 2.45) is 5.92 Å². The van der Waals surface area contributed by atoms with E-state index in [1.165, 1.54) is 11.1 Å². The number of carbonyl (C=O) groups is 1. The molecule has 128 valence electrons. The summed E-state index contributed by atoms with van der Waals surface area (Å²) in [6.07, 6.45) is 9.51. The summed E-state index contributed by atoms with van der Waals surface area (Å²) in [6.45, 7) is 0. The van der Waals surface area contributed by atoms with E-state index in [1.54, 1.807) is 12.5 Å². The number of aryl methyl sites for hydroxylation is 2. The van der Waals surface area contributed by atoms with E-state index in [-0.39, 0.29) is 5.92 Å². The van der Waals surface area contributed by atoms with Crippen LogP contribution in [0.4, 0.5) is 0 Å². The van der Waals surface area contributed by atoms with Crippen LogP contribution in [0.2, 0.25) is 0 Å². The van der Waals surface area contributed by atoms with Gasteiger partial charge in [-0.05, 0) is 54.9 Å². The maximum Gasteiger partial charge on any atom is 0.123 e. The highest BCUT2D eigenvalue weighted by Crippen LogP contribution is 2.21. The SMILES string of the molecule is O=CC(CCCc1ccccc1)CCc1ccc(-c2ccoc2)cc1. The first kappa shape index (κ1) is 17.2. The Labute approximate surface area is 149 Å². The van der Waals surface area contributed by atoms with Crippen LogP contribution in [-0.4, -0.2) is 6.29 Å². The number of rotatable bonds is 9. The third-order valence-corrected chi connectivity index (χ3v) is 4.69. The first-order valence-corrected chi connectivity index (χ1v) is 8.96. The Morgan fingerprint density at radius 2 is 1.56 bits per heavy atom. The normalized spacial score (nSPS) is 12.0. The fourth-order valence-corrected chi connectivity index (χ4v) is 3.14. The maximum absolute atomic E-state index is 11.4. The molecule has 0 aliphatic heterocycles. The quantitative estimate of drug-likeness (QED) is 0.469. The molecule has 0 radical (unpaired) electrons. The highest BCUT2D eigenvalue weighted by molar-refractivity contribution is 5.62. The van der Waals surface area contributed by atoms with E-state index in [1.807, 2.05) is 12.1 Å². The average molecular weight is 332 g/mol. The zero-order chi connectivity index (χ0) is 17.3. The number of hydrogen-bond donors (Lipinski definition) is 0. The second kappa shape index (κ2) is 9.03. The number of aldehydes is 1. The lowest BCUT2D eigenvalue weighted by Crippen LogP contribution is -2.04. The van der Waals surface area contributed by atoms with E-state index < -0.39 is 0 Å². The summed E-state index contributed by atoms with van der Waals surface area (Å²) in [5.74, 6) is 0.150. The van der Waals surface area contributed by atoms with Crippen LogP contribution in [0.3, 0.4) is 0 Å². The van der Waals surface area contributed by atoms with Crippen molar-refractivity contribution in [3.8, 4) is 11.1 Å². The highest BCUT2D eigenvalue weighted by atomic mass is 16.3. The maximum atomic E-state index is 11.4. The van der Waals surface area contributed by atoms with Crippen molar-refractivity contribution in [2.45, 2.75) is 32.1 Å². The zero-order valence-corrected chi connectivity index (χ0v) is 14.4. The fraction of sp³-hybridized carbons (Fsp3) is 0.261. The molecule has 3 aromatic rings. The Morgan fingerprint density at radius 3 is 2.24 bits per heavy atom. The van der Waals surface area contributed by atoms with Gasteiger partial charge in [0.15, 0.2) is 0 Å². The minimum Gasteiger partial charge on any atom is -0.472 e. The molecule has 1 unspecified atom stereocenters. The van der Waals surface area contributed by atoms with Crippen LogP contribution in [0, 0.1) is 5.92 Å². The van der Waals surface area contributed by atoms with Gasteiger partial charge in [0.1, 0.15) is 6.29 Å². The minimum atomic E-state index is 0.150. The Kier molecular flexibility index (Phi) is 6.22. The molecule has 2 heteroatoms. The van der Waals surface area contributed by atoms with Gasteiger partial charge in [-0.25, -0.2) is 0 Å². The van der Waals surface area contributed by atoms with Crippen LogP contribution in [0.15, 0.2) is 77.6 Å². The Bertz CT molecular complexity index is 743. The van der Waals surface area contributed by atoms with Crippen LogP contribution in [0.1, 0.15) is 30.4 Å². The number of carbonyl (C=O) groups excluding carboxylic acids is 1. The van der Waals surface area contributed by atoms with Gasteiger partial charge in [-0.15, -0.1) is 0 Å². The van der Waals surface area contributed by atoms with Gasteiger partial charge >= 0.3 is 0 Å². The van der Waals surface area contributed by atoms with Crippen molar-refractivity contribution >= 4 is 6.29 Å². The molecular formula is C23H24O2. The third kappa shape index (κ3) is 5.18. The predicted octanol–water partition coefficient (Wildman–Crippen LogP) is 5.72. The second-order valence-corrected chi connectivity index (χ2v) is 6.52. The Morgan fingerprint density at radius 1 is 0.800 bits per heavy atom. The topological polar surface area (TPSA) is 30.2 Å². The molecule has 0 fully saturated rings. The molecule has 0 aliphatic carbocycles. The summed E-state index contributed by atoms with van der Waals surface area (Å²) in [5.41, 5.74) is 4.88. The van der Waals surface area contributed by atoms with E-state index in [0.29, 0.717) is 0 Å². The minimum absolute atomic E-state index is 0.150. The average Bonchev–Trinajstić information content (AvgIpc) is 3.20. The number of benzene rings is 2. The van der Waals surface area contributed by atoms with Gasteiger partial charge in [0.05, 0.1) is 12.5 Å². The molecule has 2 aromatic carbocycles. The van der Waals surface area contributed by atoms with Crippen LogP contribution in [0.25, 0.3) is 11.1 Å². The lowest BCUT2D eigenvalue weighted by molar-refractivity contribution is -0.111. The summed E-state index contributed by atoms with van der Waals surface area (Å²) < 4.78 is 5.12. The van der Waals surface area contributed by atoms with Gasteiger partial charge < -0.3 is 9.21 Å². The molecule has 25 heavy (non-hydrogen) atoms. The molecule has 0 N–H and O–H groups in total. The van der Waals surface area contributed by atoms with Crippen molar-refractivity contribution < 1.29 is 9.21 Å². The number of furan rings is 1. The van der Waals surface area contributed by atoms with Crippen molar-refractivity contribution in [2.75, 3.05) is 0 Å². The van der Waals surface area contributed by atoms with Gasteiger partial charge in [-0.2, -0.15) is 0 Å². The van der Waals surface area contributed by atoms with Gasteiger partial charge in [-0.3, -0.25) is 0 Å². The summed E-state index contributed by atoms with van der Waals surface area (Å²) >= 11 is 0. The van der Waals surface area contributed by atoms with Gasteiger partial charge in [0.2, 0.25) is 0 Å². The Balaban J connectivity index is 1.45. The van der Waals surface area contributed by atoms with E-state index in [0.717, 1.165) is 49.5 Å². The van der Waals surface area contributed by atoms with E-state index in [4.69, 9.17) is 4.42 Å². The largest absolute Gasteiger partial charge is 0.472 e. The standard InChI is InChI=1S/C23H24O2/c24-17-21(8-4-7-19-5-2-1-3-6-19)10-9-20-11-13-22(14-12-20)23-15-16-25-18-23/h1-3,5-6,11-18,21H,4,7-10H2. The number of hydrogen-bond acceptors (Lipinski definition) is 2. The third-order valence-electron chi connectivity index (χ3n) is 4.69. The van der Waals surface area contributed by atoms with Crippen molar-refractivity contribution in [1.29, 1.82) is 0 Å². The molecule has 0 saturated carbocycles. The van der Waals surface area contributed by atoms with Crippen molar-refractivity contribution in [3.05, 3.63) is 84.3 Å². The summed E-state index contributed by atoms with van der Waals surface area (Å²) in [5, 5.41) is 0. The molecule has 1 heterocycles. The molecular weight excluding hydrogens is 308 g/mol. The van der Waals surface area contributed by atoms with Gasteiger partial charge in [-0.1, -0.05) is 54.6 Å². The van der Waals surface area contributed by atoms with Gasteiger partial charge in [0.25, 0.3) is 0 Å². The molecule has 1 atom stereocenters. The molecule has 0 bridgehead atoms. The smallest absolute Gasteiger partial charge is 0.123 e. The van der Waals surface area contributed by atoms with E-state index in [2.05, 4.69) is 48.5 Å². The fourth-order valence-electron chi connectivity index (χ4n) is 3.14. The van der Waals surface area contributed by atoms with E-state index in [9.17, 15) is 4.79 Å². The first-order valence-electron chi connectivity index (χ1n) is 8.96. The molecule has 3 rings (SSSR count). The summed E-state index contributed by atoms with van der Waals surface area (Å²) in [6, 6.07) is 21.0. The van der Waals surface area contributed by atoms with E-state index >= 15 is 0 Å². The van der Waals surface area contributed by atoms with Crippen molar-refractivity contribution in [3.63, 3.8) is 0 Å².